The number of methoxy groups -OCH3 is 1. The van der Waals surface area contributed by atoms with Crippen LogP contribution in [0.5, 0.6) is 5.75 Å². The molecule has 3 rings (SSSR count). The Labute approximate surface area is 161 Å². The van der Waals surface area contributed by atoms with Crippen LogP contribution in [0, 0.1) is 10.1 Å². The van der Waals surface area contributed by atoms with Crippen molar-refractivity contribution in [1.82, 2.24) is 14.9 Å². The molecule has 8 nitrogen and oxygen atoms in total. The Balaban J connectivity index is 1.84. The molecule has 0 aliphatic rings. The molecular weight excluding hydrogens is 360 g/mol. The molecule has 0 fully saturated rings. The lowest BCUT2D eigenvalue weighted by atomic mass is 10.0. The third-order valence-corrected chi connectivity index (χ3v) is 4.45. The Hall–Kier alpha value is -3.68. The van der Waals surface area contributed by atoms with Crippen LogP contribution < -0.4 is 10.1 Å². The van der Waals surface area contributed by atoms with Gasteiger partial charge in [0, 0.05) is 24.0 Å². The van der Waals surface area contributed by atoms with E-state index in [1.54, 1.807) is 25.4 Å². The monoisotopic (exact) mass is 380 g/mol. The maximum absolute atomic E-state index is 12.7. The first-order valence-electron chi connectivity index (χ1n) is 8.75. The molecule has 2 aromatic carbocycles. The Morgan fingerprint density at radius 2 is 2.04 bits per heavy atom. The summed E-state index contributed by atoms with van der Waals surface area (Å²) in [5.74, 6) is 0.360. The molecule has 1 N–H and O–H groups in total. The zero-order valence-electron chi connectivity index (χ0n) is 15.5. The zero-order chi connectivity index (χ0) is 20.1. The number of ether oxygens (including phenoxy) is 1. The SMILES string of the molecule is CCC(NC(=O)c1ccc(-n2ccnc2)c([N+](=O)[O-])c1)c1ccc(OC)cc1. The Morgan fingerprint density at radius 1 is 1.29 bits per heavy atom. The minimum Gasteiger partial charge on any atom is -0.497 e. The van der Waals surface area contributed by atoms with Crippen molar-refractivity contribution in [2.24, 2.45) is 0 Å². The molecule has 0 aliphatic heterocycles. The third-order valence-electron chi connectivity index (χ3n) is 4.45. The van der Waals surface area contributed by atoms with Crippen molar-refractivity contribution in [1.29, 1.82) is 0 Å². The van der Waals surface area contributed by atoms with Crippen LogP contribution >= 0.6 is 0 Å². The van der Waals surface area contributed by atoms with Crippen LogP contribution in [0.15, 0.2) is 61.2 Å². The minimum absolute atomic E-state index is 0.164. The molecule has 1 heterocycles. The molecule has 3 aromatic rings. The highest BCUT2D eigenvalue weighted by atomic mass is 16.6. The molecular formula is C20H20N4O4. The van der Waals surface area contributed by atoms with Crippen LogP contribution in [0.3, 0.4) is 0 Å². The molecule has 28 heavy (non-hydrogen) atoms. The summed E-state index contributed by atoms with van der Waals surface area (Å²) in [5, 5.41) is 14.4. The average molecular weight is 380 g/mol. The maximum atomic E-state index is 12.7. The molecule has 1 atom stereocenters. The second-order valence-electron chi connectivity index (χ2n) is 6.14. The molecule has 0 aliphatic carbocycles. The van der Waals surface area contributed by atoms with Crippen molar-refractivity contribution in [3.63, 3.8) is 0 Å². The lowest BCUT2D eigenvalue weighted by Gasteiger charge is -2.18. The highest BCUT2D eigenvalue weighted by molar-refractivity contribution is 5.95. The van der Waals surface area contributed by atoms with Gasteiger partial charge in [-0.25, -0.2) is 4.98 Å². The third kappa shape index (κ3) is 4.01. The number of aromatic nitrogens is 2. The highest BCUT2D eigenvalue weighted by Crippen LogP contribution is 2.25. The standard InChI is InChI=1S/C20H20N4O4/c1-3-17(14-4-7-16(28-2)8-5-14)22-20(25)15-6-9-18(19(12-15)24(26)27)23-11-10-21-13-23/h4-13,17H,3H2,1-2H3,(H,22,25). The summed E-state index contributed by atoms with van der Waals surface area (Å²) < 4.78 is 6.69. The first-order chi connectivity index (χ1) is 13.5. The van der Waals surface area contributed by atoms with Gasteiger partial charge in [0.05, 0.1) is 24.4 Å². The van der Waals surface area contributed by atoms with Gasteiger partial charge < -0.3 is 14.6 Å². The number of carbonyl (C=O) groups is 1. The van der Waals surface area contributed by atoms with E-state index in [-0.39, 0.29) is 23.2 Å². The number of nitrogens with zero attached hydrogens (tertiary/aromatic N) is 3. The maximum Gasteiger partial charge on any atom is 0.294 e. The number of amides is 1. The summed E-state index contributed by atoms with van der Waals surface area (Å²) in [6, 6.07) is 11.6. The van der Waals surface area contributed by atoms with Crippen molar-refractivity contribution in [3.05, 3.63) is 82.4 Å². The fourth-order valence-electron chi connectivity index (χ4n) is 2.93. The van der Waals surface area contributed by atoms with Crippen molar-refractivity contribution in [2.75, 3.05) is 7.11 Å². The lowest BCUT2D eigenvalue weighted by molar-refractivity contribution is -0.384. The normalized spacial score (nSPS) is 11.6. The molecule has 0 spiro atoms. The number of carbonyl (C=O) groups excluding carboxylic acids is 1. The largest absolute Gasteiger partial charge is 0.497 e. The summed E-state index contributed by atoms with van der Waals surface area (Å²) in [6.45, 7) is 1.96. The molecule has 1 aromatic heterocycles. The Morgan fingerprint density at radius 3 is 2.61 bits per heavy atom. The van der Waals surface area contributed by atoms with E-state index in [0.29, 0.717) is 12.1 Å². The predicted molar refractivity (Wildman–Crippen MR) is 104 cm³/mol. The van der Waals surface area contributed by atoms with Gasteiger partial charge in [-0.3, -0.25) is 14.9 Å². The quantitative estimate of drug-likeness (QED) is 0.498. The Kier molecular flexibility index (Phi) is 5.69. The van der Waals surface area contributed by atoms with E-state index >= 15 is 0 Å². The van der Waals surface area contributed by atoms with E-state index in [4.69, 9.17) is 4.74 Å². The Bertz CT molecular complexity index is 968. The molecule has 1 unspecified atom stereocenters. The van der Waals surface area contributed by atoms with Gasteiger partial charge in [0.25, 0.3) is 11.6 Å². The van der Waals surface area contributed by atoms with Crippen LogP contribution in [0.4, 0.5) is 5.69 Å². The van der Waals surface area contributed by atoms with Gasteiger partial charge >= 0.3 is 0 Å². The minimum atomic E-state index is -0.507. The van der Waals surface area contributed by atoms with Crippen molar-refractivity contribution in [3.8, 4) is 11.4 Å². The van der Waals surface area contributed by atoms with E-state index in [0.717, 1.165) is 11.3 Å². The molecule has 0 bridgehead atoms. The predicted octanol–water partition coefficient (Wildman–Crippen LogP) is 3.67. The highest BCUT2D eigenvalue weighted by Gasteiger charge is 2.20. The van der Waals surface area contributed by atoms with Gasteiger partial charge in [0.15, 0.2) is 0 Å². The zero-order valence-corrected chi connectivity index (χ0v) is 15.5. The number of hydrogen-bond acceptors (Lipinski definition) is 5. The fraction of sp³-hybridized carbons (Fsp3) is 0.200. The van der Waals surface area contributed by atoms with Crippen LogP contribution in [0.2, 0.25) is 0 Å². The first-order valence-corrected chi connectivity index (χ1v) is 8.75. The fourth-order valence-corrected chi connectivity index (χ4v) is 2.93. The number of imidazole rings is 1. The second kappa shape index (κ2) is 8.34. The molecule has 0 saturated heterocycles. The first kappa shape index (κ1) is 19.1. The van der Waals surface area contributed by atoms with Crippen LogP contribution in [-0.2, 0) is 0 Å². The molecule has 0 saturated carbocycles. The van der Waals surface area contributed by atoms with E-state index in [1.165, 1.54) is 23.2 Å². The molecule has 1 amide bonds. The molecule has 8 heteroatoms. The van der Waals surface area contributed by atoms with Crippen LogP contribution in [-0.4, -0.2) is 27.5 Å². The lowest BCUT2D eigenvalue weighted by Crippen LogP contribution is -2.28. The summed E-state index contributed by atoms with van der Waals surface area (Å²) >= 11 is 0. The van der Waals surface area contributed by atoms with Crippen LogP contribution in [0.25, 0.3) is 5.69 Å². The van der Waals surface area contributed by atoms with E-state index < -0.39 is 4.92 Å². The van der Waals surface area contributed by atoms with Crippen molar-refractivity contribution < 1.29 is 14.5 Å². The van der Waals surface area contributed by atoms with Crippen molar-refractivity contribution >= 4 is 11.6 Å². The summed E-state index contributed by atoms with van der Waals surface area (Å²) in [4.78, 5) is 27.6. The van der Waals surface area contributed by atoms with Gasteiger partial charge in [-0.05, 0) is 36.2 Å². The average Bonchev–Trinajstić information content (AvgIpc) is 3.26. The number of rotatable bonds is 7. The van der Waals surface area contributed by atoms with Gasteiger partial charge in [-0.1, -0.05) is 19.1 Å². The van der Waals surface area contributed by atoms with Gasteiger partial charge in [-0.2, -0.15) is 0 Å². The van der Waals surface area contributed by atoms with Gasteiger partial charge in [-0.15, -0.1) is 0 Å². The van der Waals surface area contributed by atoms with E-state index in [9.17, 15) is 14.9 Å². The summed E-state index contributed by atoms with van der Waals surface area (Å²) in [6.07, 6.45) is 5.29. The number of benzene rings is 2. The molecule has 0 radical (unpaired) electrons. The summed E-state index contributed by atoms with van der Waals surface area (Å²) in [7, 11) is 1.59. The van der Waals surface area contributed by atoms with Gasteiger partial charge in [0.1, 0.15) is 11.4 Å². The van der Waals surface area contributed by atoms with Crippen LogP contribution in [0.1, 0.15) is 35.3 Å². The topological polar surface area (TPSA) is 99.3 Å². The number of nitro groups is 1. The number of nitrogens with one attached hydrogen (secondary N) is 1. The van der Waals surface area contributed by atoms with Gasteiger partial charge in [0.2, 0.25) is 0 Å². The number of hydrogen-bond donors (Lipinski definition) is 1. The van der Waals surface area contributed by atoms with E-state index in [2.05, 4.69) is 10.3 Å². The smallest absolute Gasteiger partial charge is 0.294 e. The number of nitro benzene ring substituents is 1. The molecule has 144 valence electrons. The second-order valence-corrected chi connectivity index (χ2v) is 6.14. The summed E-state index contributed by atoms with van der Waals surface area (Å²) in [5.41, 5.74) is 1.34. The van der Waals surface area contributed by atoms with E-state index in [1.807, 2.05) is 31.2 Å². The van der Waals surface area contributed by atoms with Crippen molar-refractivity contribution in [2.45, 2.75) is 19.4 Å².